The minimum absolute atomic E-state index is 0.140. The van der Waals surface area contributed by atoms with Gasteiger partial charge in [0.25, 0.3) is 0 Å². The van der Waals surface area contributed by atoms with Crippen molar-refractivity contribution in [2.75, 3.05) is 13.1 Å². The van der Waals surface area contributed by atoms with Crippen molar-refractivity contribution in [1.82, 2.24) is 4.90 Å². The summed E-state index contributed by atoms with van der Waals surface area (Å²) < 4.78 is 0. The highest BCUT2D eigenvalue weighted by atomic mass is 16.3. The maximum absolute atomic E-state index is 9.44. The number of likely N-dealkylation sites (tertiary alicyclic amines) is 1. The van der Waals surface area contributed by atoms with Crippen LogP contribution in [0, 0.1) is 5.92 Å². The number of nitrogens with two attached hydrogens (primary N) is 1. The van der Waals surface area contributed by atoms with Crippen molar-refractivity contribution in [1.29, 1.82) is 0 Å². The van der Waals surface area contributed by atoms with E-state index < -0.39 is 0 Å². The Kier molecular flexibility index (Phi) is 2.58. The molecule has 76 valence electrons. The van der Waals surface area contributed by atoms with Crippen LogP contribution in [0.1, 0.15) is 26.2 Å². The van der Waals surface area contributed by atoms with Crippen molar-refractivity contribution >= 4 is 0 Å². The molecule has 0 aromatic carbocycles. The first-order valence-corrected chi connectivity index (χ1v) is 5.34. The monoisotopic (exact) mass is 184 g/mol. The standard InChI is InChI=1S/C10H20N2O/c1-7(13)8-2-3-12(6-8)10-4-9(11)5-10/h7-10,13H,2-6,11H2,1H3. The van der Waals surface area contributed by atoms with E-state index in [1.54, 1.807) is 0 Å². The van der Waals surface area contributed by atoms with Gasteiger partial charge in [0, 0.05) is 18.6 Å². The molecule has 0 aromatic heterocycles. The van der Waals surface area contributed by atoms with Gasteiger partial charge in [0.2, 0.25) is 0 Å². The molecule has 2 aliphatic rings. The predicted molar refractivity (Wildman–Crippen MR) is 52.4 cm³/mol. The third-order valence-electron chi connectivity index (χ3n) is 3.60. The van der Waals surface area contributed by atoms with Gasteiger partial charge in [-0.25, -0.2) is 0 Å². The minimum Gasteiger partial charge on any atom is -0.393 e. The zero-order chi connectivity index (χ0) is 9.42. The lowest BCUT2D eigenvalue weighted by Gasteiger charge is -2.39. The highest BCUT2D eigenvalue weighted by Gasteiger charge is 2.36. The lowest BCUT2D eigenvalue weighted by Crippen LogP contribution is -2.49. The summed E-state index contributed by atoms with van der Waals surface area (Å²) in [6.07, 6.45) is 3.33. The summed E-state index contributed by atoms with van der Waals surface area (Å²) in [5.41, 5.74) is 5.75. The number of aliphatic hydroxyl groups is 1. The van der Waals surface area contributed by atoms with E-state index in [-0.39, 0.29) is 6.10 Å². The lowest BCUT2D eigenvalue weighted by molar-refractivity contribution is 0.100. The number of rotatable bonds is 2. The highest BCUT2D eigenvalue weighted by Crippen LogP contribution is 2.30. The summed E-state index contributed by atoms with van der Waals surface area (Å²) in [4.78, 5) is 2.50. The molecule has 2 fully saturated rings. The summed E-state index contributed by atoms with van der Waals surface area (Å²) in [7, 11) is 0. The van der Waals surface area contributed by atoms with Crippen LogP contribution in [0.3, 0.4) is 0 Å². The number of hydrogen-bond donors (Lipinski definition) is 2. The van der Waals surface area contributed by atoms with Gasteiger partial charge in [-0.05, 0) is 38.6 Å². The van der Waals surface area contributed by atoms with E-state index >= 15 is 0 Å². The Morgan fingerprint density at radius 3 is 2.62 bits per heavy atom. The lowest BCUT2D eigenvalue weighted by atomic mass is 9.86. The Balaban J connectivity index is 1.78. The second-order valence-corrected chi connectivity index (χ2v) is 4.67. The Labute approximate surface area is 79.9 Å². The van der Waals surface area contributed by atoms with Gasteiger partial charge in [-0.1, -0.05) is 0 Å². The van der Waals surface area contributed by atoms with Gasteiger partial charge in [0.05, 0.1) is 6.10 Å². The van der Waals surface area contributed by atoms with Crippen LogP contribution in [0.2, 0.25) is 0 Å². The Bertz CT molecular complexity index is 178. The molecule has 3 N–H and O–H groups in total. The van der Waals surface area contributed by atoms with Crippen molar-refractivity contribution in [2.24, 2.45) is 11.7 Å². The van der Waals surface area contributed by atoms with E-state index in [4.69, 9.17) is 5.73 Å². The summed E-state index contributed by atoms with van der Waals surface area (Å²) in [5, 5.41) is 9.44. The minimum atomic E-state index is -0.140. The van der Waals surface area contributed by atoms with Crippen LogP contribution in [-0.4, -0.2) is 41.3 Å². The van der Waals surface area contributed by atoms with Gasteiger partial charge in [0.1, 0.15) is 0 Å². The van der Waals surface area contributed by atoms with Gasteiger partial charge in [-0.15, -0.1) is 0 Å². The quantitative estimate of drug-likeness (QED) is 0.643. The molecule has 1 aliphatic carbocycles. The Hall–Kier alpha value is -0.120. The molecule has 2 rings (SSSR count). The van der Waals surface area contributed by atoms with E-state index in [1.807, 2.05) is 6.92 Å². The zero-order valence-electron chi connectivity index (χ0n) is 8.32. The maximum atomic E-state index is 9.44. The summed E-state index contributed by atoms with van der Waals surface area (Å²) in [5.74, 6) is 0.497. The first kappa shape index (κ1) is 9.44. The predicted octanol–water partition coefficient (Wildman–Crippen LogP) is 0.179. The second-order valence-electron chi connectivity index (χ2n) is 4.67. The molecule has 0 aromatic rings. The fourth-order valence-corrected chi connectivity index (χ4v) is 2.47. The van der Waals surface area contributed by atoms with Gasteiger partial charge >= 0.3 is 0 Å². The number of aliphatic hydroxyl groups excluding tert-OH is 1. The zero-order valence-corrected chi connectivity index (χ0v) is 8.32. The SMILES string of the molecule is CC(O)C1CCN(C2CC(N)C2)C1. The van der Waals surface area contributed by atoms with Crippen LogP contribution in [0.5, 0.6) is 0 Å². The molecular weight excluding hydrogens is 164 g/mol. The highest BCUT2D eigenvalue weighted by molar-refractivity contribution is 4.93. The van der Waals surface area contributed by atoms with Crippen LogP contribution in [0.4, 0.5) is 0 Å². The Morgan fingerprint density at radius 2 is 2.15 bits per heavy atom. The Morgan fingerprint density at radius 1 is 1.46 bits per heavy atom. The van der Waals surface area contributed by atoms with Crippen molar-refractivity contribution < 1.29 is 5.11 Å². The van der Waals surface area contributed by atoms with E-state index in [1.165, 1.54) is 0 Å². The fraction of sp³-hybridized carbons (Fsp3) is 1.00. The first-order chi connectivity index (χ1) is 6.16. The van der Waals surface area contributed by atoms with E-state index in [0.29, 0.717) is 12.0 Å². The van der Waals surface area contributed by atoms with Crippen molar-refractivity contribution in [2.45, 2.75) is 44.4 Å². The normalized spacial score (nSPS) is 43.2. The van der Waals surface area contributed by atoms with Gasteiger partial charge in [0.15, 0.2) is 0 Å². The van der Waals surface area contributed by atoms with E-state index in [0.717, 1.165) is 38.4 Å². The summed E-state index contributed by atoms with van der Waals surface area (Å²) in [6.45, 7) is 4.14. The van der Waals surface area contributed by atoms with Gasteiger partial charge in [-0.3, -0.25) is 4.90 Å². The molecule has 1 aliphatic heterocycles. The van der Waals surface area contributed by atoms with Crippen LogP contribution in [0.25, 0.3) is 0 Å². The molecular formula is C10H20N2O. The van der Waals surface area contributed by atoms with Crippen molar-refractivity contribution in [3.63, 3.8) is 0 Å². The number of hydrogen-bond acceptors (Lipinski definition) is 3. The summed E-state index contributed by atoms with van der Waals surface area (Å²) >= 11 is 0. The molecule has 1 saturated heterocycles. The third-order valence-corrected chi connectivity index (χ3v) is 3.60. The third kappa shape index (κ3) is 1.87. The summed E-state index contributed by atoms with van der Waals surface area (Å²) in [6, 6.07) is 1.16. The topological polar surface area (TPSA) is 49.5 Å². The molecule has 2 unspecified atom stereocenters. The molecule has 13 heavy (non-hydrogen) atoms. The van der Waals surface area contributed by atoms with Crippen molar-refractivity contribution in [3.05, 3.63) is 0 Å². The van der Waals surface area contributed by atoms with Crippen LogP contribution < -0.4 is 5.73 Å². The van der Waals surface area contributed by atoms with Crippen LogP contribution >= 0.6 is 0 Å². The van der Waals surface area contributed by atoms with E-state index in [9.17, 15) is 5.11 Å². The largest absolute Gasteiger partial charge is 0.393 e. The van der Waals surface area contributed by atoms with Crippen LogP contribution in [-0.2, 0) is 0 Å². The molecule has 0 spiro atoms. The molecule has 0 amide bonds. The smallest absolute Gasteiger partial charge is 0.0552 e. The average molecular weight is 184 g/mol. The average Bonchev–Trinajstić information content (AvgIpc) is 2.46. The van der Waals surface area contributed by atoms with E-state index in [2.05, 4.69) is 4.90 Å². The molecule has 2 atom stereocenters. The second kappa shape index (κ2) is 3.56. The van der Waals surface area contributed by atoms with Gasteiger partial charge in [-0.2, -0.15) is 0 Å². The molecule has 1 heterocycles. The fourth-order valence-electron chi connectivity index (χ4n) is 2.47. The first-order valence-electron chi connectivity index (χ1n) is 5.34. The molecule has 0 radical (unpaired) electrons. The van der Waals surface area contributed by atoms with Crippen LogP contribution in [0.15, 0.2) is 0 Å². The molecule has 3 nitrogen and oxygen atoms in total. The molecule has 1 saturated carbocycles. The maximum Gasteiger partial charge on any atom is 0.0552 e. The molecule has 0 bridgehead atoms. The molecule has 3 heteroatoms. The number of nitrogens with zero attached hydrogens (tertiary/aromatic N) is 1. The van der Waals surface area contributed by atoms with Gasteiger partial charge < -0.3 is 10.8 Å². The van der Waals surface area contributed by atoms with Crippen molar-refractivity contribution in [3.8, 4) is 0 Å².